The Balaban J connectivity index is 2.20. The van der Waals surface area contributed by atoms with Gasteiger partial charge in [-0.2, -0.15) is 12.6 Å². The van der Waals surface area contributed by atoms with Crippen LogP contribution in [0.15, 0.2) is 30.3 Å². The molecule has 1 N–H and O–H groups in total. The molecule has 0 fully saturated rings. The SMILES string of the molecule is O[C@H](CS)COCc1ccccc1. The molecule has 1 aromatic rings. The van der Waals surface area contributed by atoms with E-state index in [1.165, 1.54) is 0 Å². The maximum atomic E-state index is 9.13. The lowest BCUT2D eigenvalue weighted by Gasteiger charge is -2.07. The number of hydrogen-bond acceptors (Lipinski definition) is 3. The van der Waals surface area contributed by atoms with Gasteiger partial charge in [-0.15, -0.1) is 0 Å². The lowest BCUT2D eigenvalue weighted by atomic mass is 10.2. The lowest BCUT2D eigenvalue weighted by molar-refractivity contribution is 0.0399. The molecule has 0 spiro atoms. The Morgan fingerprint density at radius 3 is 2.62 bits per heavy atom. The summed E-state index contributed by atoms with van der Waals surface area (Å²) < 4.78 is 5.27. The summed E-state index contributed by atoms with van der Waals surface area (Å²) in [5.41, 5.74) is 1.12. The highest BCUT2D eigenvalue weighted by atomic mass is 32.1. The predicted octanol–water partition coefficient (Wildman–Crippen LogP) is 1.49. The minimum atomic E-state index is -0.466. The quantitative estimate of drug-likeness (QED) is 0.702. The van der Waals surface area contributed by atoms with E-state index in [-0.39, 0.29) is 0 Å². The molecule has 0 radical (unpaired) electrons. The van der Waals surface area contributed by atoms with Crippen molar-refractivity contribution in [3.63, 3.8) is 0 Å². The molecule has 0 aliphatic carbocycles. The number of rotatable bonds is 5. The van der Waals surface area contributed by atoms with Crippen LogP contribution in [-0.4, -0.2) is 23.6 Å². The molecule has 1 atom stereocenters. The average molecular weight is 198 g/mol. The van der Waals surface area contributed by atoms with Crippen LogP contribution in [0.25, 0.3) is 0 Å². The Morgan fingerprint density at radius 2 is 2.00 bits per heavy atom. The zero-order valence-corrected chi connectivity index (χ0v) is 8.28. The van der Waals surface area contributed by atoms with Crippen LogP contribution in [0, 0.1) is 0 Å². The van der Waals surface area contributed by atoms with Crippen LogP contribution in [0.4, 0.5) is 0 Å². The van der Waals surface area contributed by atoms with Gasteiger partial charge in [0.15, 0.2) is 0 Å². The highest BCUT2D eigenvalue weighted by molar-refractivity contribution is 7.80. The van der Waals surface area contributed by atoms with E-state index in [0.717, 1.165) is 5.56 Å². The van der Waals surface area contributed by atoms with Crippen molar-refractivity contribution in [2.24, 2.45) is 0 Å². The van der Waals surface area contributed by atoms with Crippen molar-refractivity contribution in [1.82, 2.24) is 0 Å². The second kappa shape index (κ2) is 6.02. The maximum Gasteiger partial charge on any atom is 0.0861 e. The van der Waals surface area contributed by atoms with Gasteiger partial charge in [-0.25, -0.2) is 0 Å². The van der Waals surface area contributed by atoms with Gasteiger partial charge in [-0.1, -0.05) is 30.3 Å². The van der Waals surface area contributed by atoms with Crippen LogP contribution in [0.5, 0.6) is 0 Å². The molecule has 1 rings (SSSR count). The van der Waals surface area contributed by atoms with Gasteiger partial charge in [0, 0.05) is 5.75 Å². The molecule has 0 saturated heterocycles. The Morgan fingerprint density at radius 1 is 1.31 bits per heavy atom. The average Bonchev–Trinajstić information content (AvgIpc) is 2.19. The zero-order valence-electron chi connectivity index (χ0n) is 7.39. The fourth-order valence-corrected chi connectivity index (χ4v) is 1.05. The molecule has 0 saturated carbocycles. The Bertz CT molecular complexity index is 226. The van der Waals surface area contributed by atoms with Crippen LogP contribution in [0.2, 0.25) is 0 Å². The van der Waals surface area contributed by atoms with E-state index >= 15 is 0 Å². The van der Waals surface area contributed by atoms with E-state index in [2.05, 4.69) is 12.6 Å². The minimum Gasteiger partial charge on any atom is -0.390 e. The highest BCUT2D eigenvalue weighted by Crippen LogP contribution is 2.01. The van der Waals surface area contributed by atoms with E-state index in [1.54, 1.807) is 0 Å². The maximum absolute atomic E-state index is 9.13. The van der Waals surface area contributed by atoms with Gasteiger partial charge in [0.25, 0.3) is 0 Å². The monoisotopic (exact) mass is 198 g/mol. The predicted molar refractivity (Wildman–Crippen MR) is 56.0 cm³/mol. The molecule has 0 unspecified atom stereocenters. The summed E-state index contributed by atoms with van der Waals surface area (Å²) in [4.78, 5) is 0. The van der Waals surface area contributed by atoms with Crippen LogP contribution >= 0.6 is 12.6 Å². The van der Waals surface area contributed by atoms with Crippen molar-refractivity contribution in [2.45, 2.75) is 12.7 Å². The third-order valence-corrected chi connectivity index (χ3v) is 2.05. The summed E-state index contributed by atoms with van der Waals surface area (Å²) in [7, 11) is 0. The van der Waals surface area contributed by atoms with E-state index in [4.69, 9.17) is 9.84 Å². The molecule has 72 valence electrons. The van der Waals surface area contributed by atoms with Gasteiger partial charge in [0.2, 0.25) is 0 Å². The molecule has 0 aromatic heterocycles. The Labute approximate surface area is 84.0 Å². The molecule has 0 bridgehead atoms. The molecule has 0 aliphatic rings. The third kappa shape index (κ3) is 4.31. The topological polar surface area (TPSA) is 29.5 Å². The van der Waals surface area contributed by atoms with Crippen molar-refractivity contribution in [2.75, 3.05) is 12.4 Å². The first-order valence-electron chi connectivity index (χ1n) is 4.23. The van der Waals surface area contributed by atoms with Crippen molar-refractivity contribution in [3.8, 4) is 0 Å². The van der Waals surface area contributed by atoms with E-state index < -0.39 is 6.10 Å². The van der Waals surface area contributed by atoms with E-state index in [0.29, 0.717) is 19.0 Å². The van der Waals surface area contributed by atoms with Gasteiger partial charge in [0.05, 0.1) is 19.3 Å². The fraction of sp³-hybridized carbons (Fsp3) is 0.400. The van der Waals surface area contributed by atoms with Crippen molar-refractivity contribution >= 4 is 12.6 Å². The summed E-state index contributed by atoms with van der Waals surface area (Å²) in [6.45, 7) is 0.893. The number of hydrogen-bond donors (Lipinski definition) is 2. The van der Waals surface area contributed by atoms with Crippen LogP contribution in [0.1, 0.15) is 5.56 Å². The van der Waals surface area contributed by atoms with E-state index in [1.807, 2.05) is 30.3 Å². The normalized spacial score (nSPS) is 12.8. The fourth-order valence-electron chi connectivity index (χ4n) is 0.940. The number of aliphatic hydroxyl groups excluding tert-OH is 1. The Kier molecular flexibility index (Phi) is 4.90. The van der Waals surface area contributed by atoms with Gasteiger partial charge in [-0.05, 0) is 5.56 Å². The molecule has 3 heteroatoms. The number of aliphatic hydroxyl groups is 1. The van der Waals surface area contributed by atoms with Gasteiger partial charge in [0.1, 0.15) is 0 Å². The molecule has 0 aliphatic heterocycles. The van der Waals surface area contributed by atoms with Gasteiger partial charge >= 0.3 is 0 Å². The third-order valence-electron chi connectivity index (χ3n) is 1.63. The molecule has 0 heterocycles. The van der Waals surface area contributed by atoms with Crippen LogP contribution in [0.3, 0.4) is 0 Å². The summed E-state index contributed by atoms with van der Waals surface area (Å²) in [5.74, 6) is 0.439. The first-order valence-corrected chi connectivity index (χ1v) is 4.86. The van der Waals surface area contributed by atoms with Crippen LogP contribution < -0.4 is 0 Å². The van der Waals surface area contributed by atoms with Crippen molar-refractivity contribution in [1.29, 1.82) is 0 Å². The van der Waals surface area contributed by atoms with Crippen LogP contribution in [-0.2, 0) is 11.3 Å². The minimum absolute atomic E-state index is 0.346. The molecule has 0 amide bonds. The van der Waals surface area contributed by atoms with Gasteiger partial charge < -0.3 is 9.84 Å². The number of ether oxygens (including phenoxy) is 1. The van der Waals surface area contributed by atoms with Gasteiger partial charge in [-0.3, -0.25) is 0 Å². The highest BCUT2D eigenvalue weighted by Gasteiger charge is 2.00. The first-order chi connectivity index (χ1) is 6.33. The van der Waals surface area contributed by atoms with Crippen molar-refractivity contribution in [3.05, 3.63) is 35.9 Å². The smallest absolute Gasteiger partial charge is 0.0861 e. The molecular weight excluding hydrogens is 184 g/mol. The molecule has 1 aromatic carbocycles. The molecular formula is C10H14O2S. The standard InChI is InChI=1S/C10H14O2S/c11-10(8-13)7-12-6-9-4-2-1-3-5-9/h1-5,10-11,13H,6-8H2/t10-/m0/s1. The summed E-state index contributed by atoms with van der Waals surface area (Å²) in [6.07, 6.45) is -0.466. The number of benzene rings is 1. The number of thiol groups is 1. The summed E-state index contributed by atoms with van der Waals surface area (Å²) >= 11 is 3.95. The zero-order chi connectivity index (χ0) is 9.52. The second-order valence-electron chi connectivity index (χ2n) is 2.84. The second-order valence-corrected chi connectivity index (χ2v) is 3.20. The van der Waals surface area contributed by atoms with Crippen molar-refractivity contribution < 1.29 is 9.84 Å². The van der Waals surface area contributed by atoms with E-state index in [9.17, 15) is 0 Å². The lowest BCUT2D eigenvalue weighted by Crippen LogP contribution is -2.16. The Hall–Kier alpha value is -0.510. The summed E-state index contributed by atoms with van der Waals surface area (Å²) in [6, 6.07) is 9.88. The molecule has 13 heavy (non-hydrogen) atoms. The summed E-state index contributed by atoms with van der Waals surface area (Å²) in [5, 5.41) is 9.13. The first kappa shape index (κ1) is 10.6. The largest absolute Gasteiger partial charge is 0.390 e. The molecule has 2 nitrogen and oxygen atoms in total.